The van der Waals surface area contributed by atoms with Crippen molar-refractivity contribution in [1.29, 1.82) is 0 Å². The molecule has 3 rings (SSSR count). The molecule has 0 amide bonds. The number of fused-ring (bicyclic) bond motifs is 1. The minimum atomic E-state index is -4.38. The highest BCUT2D eigenvalue weighted by Crippen LogP contribution is 2.30. The summed E-state index contributed by atoms with van der Waals surface area (Å²) in [5.74, 6) is 0.340. The molecule has 0 fully saturated rings. The van der Waals surface area contributed by atoms with Gasteiger partial charge in [0.15, 0.2) is 0 Å². The number of nitrogens with one attached hydrogen (secondary N) is 1. The number of nitrogens with zero attached hydrogens (tertiary/aromatic N) is 2. The molecule has 2 heterocycles. The van der Waals surface area contributed by atoms with E-state index in [0.717, 1.165) is 12.1 Å². The number of hydrogen-bond donors (Lipinski definition) is 1. The molecular weight excluding hydrogens is 271 g/mol. The van der Waals surface area contributed by atoms with E-state index in [4.69, 9.17) is 0 Å². The van der Waals surface area contributed by atoms with Crippen LogP contribution in [-0.4, -0.2) is 14.4 Å². The smallest absolute Gasteiger partial charge is 0.324 e. The second-order valence-corrected chi connectivity index (χ2v) is 4.22. The normalized spacial score (nSPS) is 11.9. The van der Waals surface area contributed by atoms with Gasteiger partial charge in [-0.3, -0.25) is 9.20 Å². The molecule has 0 saturated carbocycles. The molecule has 0 aliphatic rings. The highest BCUT2D eigenvalue weighted by molar-refractivity contribution is 5.61. The molecule has 0 saturated heterocycles. The summed E-state index contributed by atoms with van der Waals surface area (Å²) in [5.41, 5.74) is -0.125. The van der Waals surface area contributed by atoms with E-state index in [0.29, 0.717) is 17.0 Å². The van der Waals surface area contributed by atoms with Gasteiger partial charge in [-0.15, -0.1) is 0 Å². The molecule has 102 valence electrons. The first kappa shape index (κ1) is 12.5. The number of imidazole rings is 1. The van der Waals surface area contributed by atoms with Crippen LogP contribution >= 0.6 is 0 Å². The highest BCUT2D eigenvalue weighted by Gasteiger charge is 2.29. The third-order valence-corrected chi connectivity index (χ3v) is 2.92. The largest absolute Gasteiger partial charge is 0.416 e. The van der Waals surface area contributed by atoms with Gasteiger partial charge in [0.05, 0.1) is 11.3 Å². The SMILES string of the molecule is O=c1cc(-c2ccc(C(F)(F)F)cc2)[nH]c2nccn12. The van der Waals surface area contributed by atoms with Crippen molar-refractivity contribution in [3.05, 3.63) is 58.6 Å². The third kappa shape index (κ3) is 2.07. The van der Waals surface area contributed by atoms with Crippen LogP contribution in [0, 0.1) is 0 Å². The number of hydrogen-bond acceptors (Lipinski definition) is 2. The summed E-state index contributed by atoms with van der Waals surface area (Å²) in [4.78, 5) is 18.6. The molecule has 7 heteroatoms. The Morgan fingerprint density at radius 1 is 1.15 bits per heavy atom. The van der Waals surface area contributed by atoms with Crippen molar-refractivity contribution >= 4 is 5.78 Å². The summed E-state index contributed by atoms with van der Waals surface area (Å²) < 4.78 is 38.8. The van der Waals surface area contributed by atoms with Gasteiger partial charge in [-0.25, -0.2) is 4.98 Å². The molecule has 0 bridgehead atoms. The Morgan fingerprint density at radius 3 is 2.50 bits per heavy atom. The Labute approximate surface area is 110 Å². The number of rotatable bonds is 1. The second-order valence-electron chi connectivity index (χ2n) is 4.22. The van der Waals surface area contributed by atoms with E-state index in [9.17, 15) is 18.0 Å². The minimum absolute atomic E-state index is 0.300. The number of benzene rings is 1. The first-order valence-electron chi connectivity index (χ1n) is 5.69. The van der Waals surface area contributed by atoms with E-state index < -0.39 is 11.7 Å². The number of H-pyrrole nitrogens is 1. The summed E-state index contributed by atoms with van der Waals surface area (Å²) in [6, 6.07) is 5.89. The molecule has 4 nitrogen and oxygen atoms in total. The van der Waals surface area contributed by atoms with Crippen LogP contribution in [0.5, 0.6) is 0 Å². The van der Waals surface area contributed by atoms with Crippen molar-refractivity contribution in [3.8, 4) is 11.3 Å². The fourth-order valence-corrected chi connectivity index (χ4v) is 1.92. The summed E-state index contributed by atoms with van der Waals surface area (Å²) in [6.07, 6.45) is -1.41. The average Bonchev–Trinajstić information content (AvgIpc) is 2.86. The van der Waals surface area contributed by atoms with Crippen molar-refractivity contribution in [1.82, 2.24) is 14.4 Å². The summed E-state index contributed by atoms with van der Waals surface area (Å²) >= 11 is 0. The number of halogens is 3. The van der Waals surface area contributed by atoms with Crippen molar-refractivity contribution in [2.24, 2.45) is 0 Å². The van der Waals surface area contributed by atoms with Gasteiger partial charge in [-0.05, 0) is 17.7 Å². The van der Waals surface area contributed by atoms with E-state index in [1.165, 1.54) is 35.0 Å². The zero-order chi connectivity index (χ0) is 14.3. The molecule has 0 radical (unpaired) electrons. The number of aromatic amines is 1. The Balaban J connectivity index is 2.09. The lowest BCUT2D eigenvalue weighted by atomic mass is 10.1. The van der Waals surface area contributed by atoms with E-state index in [2.05, 4.69) is 9.97 Å². The molecule has 20 heavy (non-hydrogen) atoms. The van der Waals surface area contributed by atoms with Gasteiger partial charge in [0, 0.05) is 18.5 Å². The predicted octanol–water partition coefficient (Wildman–Crippen LogP) is 2.71. The maximum Gasteiger partial charge on any atom is 0.416 e. The minimum Gasteiger partial charge on any atom is -0.324 e. The standard InChI is InChI=1S/C13H8F3N3O/c14-13(15,16)9-3-1-8(2-4-9)10-7-11(20)19-6-5-17-12(19)18-10/h1-7H,(H,17,18). The molecule has 0 aliphatic heterocycles. The lowest BCUT2D eigenvalue weighted by molar-refractivity contribution is -0.137. The topological polar surface area (TPSA) is 50.2 Å². The fourth-order valence-electron chi connectivity index (χ4n) is 1.92. The van der Waals surface area contributed by atoms with E-state index in [1.807, 2.05) is 0 Å². The van der Waals surface area contributed by atoms with Crippen LogP contribution < -0.4 is 5.56 Å². The molecule has 0 unspecified atom stereocenters. The fraction of sp³-hybridized carbons (Fsp3) is 0.0769. The molecule has 3 aromatic rings. The number of aromatic nitrogens is 3. The Kier molecular flexibility index (Phi) is 2.63. The average molecular weight is 279 g/mol. The molecule has 2 aromatic heterocycles. The summed E-state index contributed by atoms with van der Waals surface area (Å²) in [7, 11) is 0. The quantitative estimate of drug-likeness (QED) is 0.744. The van der Waals surface area contributed by atoms with Gasteiger partial charge in [-0.1, -0.05) is 12.1 Å². The first-order chi connectivity index (χ1) is 9.45. The predicted molar refractivity (Wildman–Crippen MR) is 66.3 cm³/mol. The van der Waals surface area contributed by atoms with Crippen LogP contribution in [0.25, 0.3) is 17.0 Å². The van der Waals surface area contributed by atoms with Gasteiger partial charge >= 0.3 is 6.18 Å². The molecule has 1 N–H and O–H groups in total. The highest BCUT2D eigenvalue weighted by atomic mass is 19.4. The lowest BCUT2D eigenvalue weighted by Crippen LogP contribution is -2.12. The Hall–Kier alpha value is -2.57. The van der Waals surface area contributed by atoms with Crippen molar-refractivity contribution < 1.29 is 13.2 Å². The first-order valence-corrected chi connectivity index (χ1v) is 5.69. The molecule has 0 aliphatic carbocycles. The van der Waals surface area contributed by atoms with Crippen molar-refractivity contribution in [2.45, 2.75) is 6.18 Å². The van der Waals surface area contributed by atoms with E-state index in [1.54, 1.807) is 0 Å². The monoisotopic (exact) mass is 279 g/mol. The third-order valence-electron chi connectivity index (χ3n) is 2.92. The van der Waals surface area contributed by atoms with Crippen LogP contribution in [0.15, 0.2) is 47.5 Å². The van der Waals surface area contributed by atoms with Gasteiger partial charge in [0.2, 0.25) is 5.78 Å². The van der Waals surface area contributed by atoms with Crippen LogP contribution in [0.1, 0.15) is 5.56 Å². The van der Waals surface area contributed by atoms with Crippen LogP contribution in [0.3, 0.4) is 0 Å². The Bertz CT molecular complexity index is 815. The maximum absolute atomic E-state index is 12.5. The molecular formula is C13H8F3N3O. The molecule has 1 aromatic carbocycles. The molecule has 0 atom stereocenters. The van der Waals surface area contributed by atoms with Crippen LogP contribution in [0.4, 0.5) is 13.2 Å². The van der Waals surface area contributed by atoms with Gasteiger partial charge in [0.1, 0.15) is 0 Å². The van der Waals surface area contributed by atoms with Gasteiger partial charge < -0.3 is 4.98 Å². The zero-order valence-corrected chi connectivity index (χ0v) is 9.98. The van der Waals surface area contributed by atoms with Gasteiger partial charge in [-0.2, -0.15) is 13.2 Å². The molecule has 0 spiro atoms. The van der Waals surface area contributed by atoms with Crippen LogP contribution in [-0.2, 0) is 6.18 Å². The van der Waals surface area contributed by atoms with Gasteiger partial charge in [0.25, 0.3) is 5.56 Å². The van der Waals surface area contributed by atoms with Crippen LogP contribution in [0.2, 0.25) is 0 Å². The van der Waals surface area contributed by atoms with E-state index in [-0.39, 0.29) is 5.56 Å². The zero-order valence-electron chi connectivity index (χ0n) is 9.98. The summed E-state index contributed by atoms with van der Waals surface area (Å²) in [5, 5.41) is 0. The Morgan fingerprint density at radius 2 is 1.85 bits per heavy atom. The summed E-state index contributed by atoms with van der Waals surface area (Å²) in [6.45, 7) is 0. The van der Waals surface area contributed by atoms with Crippen molar-refractivity contribution in [3.63, 3.8) is 0 Å². The van der Waals surface area contributed by atoms with E-state index >= 15 is 0 Å². The number of alkyl halides is 3. The lowest BCUT2D eigenvalue weighted by Gasteiger charge is -2.07. The maximum atomic E-state index is 12.5. The van der Waals surface area contributed by atoms with Crippen molar-refractivity contribution in [2.75, 3.05) is 0 Å². The second kappa shape index (κ2) is 4.22.